The van der Waals surface area contributed by atoms with Crippen LogP contribution in [0.3, 0.4) is 0 Å². The topological polar surface area (TPSA) is 143 Å². The summed E-state index contributed by atoms with van der Waals surface area (Å²) in [6.07, 6.45) is 6.36. The first-order chi connectivity index (χ1) is 15.9. The fourth-order valence-corrected chi connectivity index (χ4v) is 3.69. The molecule has 3 rings (SSSR count). The van der Waals surface area contributed by atoms with Crippen molar-refractivity contribution in [2.75, 3.05) is 18.5 Å². The zero-order chi connectivity index (χ0) is 23.8. The Labute approximate surface area is 189 Å². The van der Waals surface area contributed by atoms with Gasteiger partial charge in [0.1, 0.15) is 11.6 Å². The van der Waals surface area contributed by atoms with E-state index < -0.39 is 28.5 Å². The number of hydrogen-bond acceptors (Lipinski definition) is 7. The number of aromatic nitrogens is 2. The zero-order valence-electron chi connectivity index (χ0n) is 17.1. The maximum Gasteiger partial charge on any atom is 0.338 e. The van der Waals surface area contributed by atoms with Gasteiger partial charge in [-0.05, 0) is 30.3 Å². The van der Waals surface area contributed by atoms with Gasteiger partial charge in [0, 0.05) is 0 Å². The third kappa shape index (κ3) is 5.62. The number of para-hydroxylation sites is 1. The van der Waals surface area contributed by atoms with Crippen LogP contribution in [0.4, 0.5) is 5.82 Å². The lowest BCUT2D eigenvalue weighted by Gasteiger charge is -2.10. The van der Waals surface area contributed by atoms with Gasteiger partial charge < -0.3 is 10.1 Å². The molecule has 0 saturated heterocycles. The number of nitriles is 1. The molecule has 2 aromatic carbocycles. The molecule has 1 amide bonds. The number of carbonyl (C=O) groups is 2. The highest BCUT2D eigenvalue weighted by atomic mass is 32.2. The lowest BCUT2D eigenvalue weighted by molar-refractivity contribution is -0.119. The van der Waals surface area contributed by atoms with Crippen LogP contribution in [0.2, 0.25) is 0 Å². The molecule has 33 heavy (non-hydrogen) atoms. The molecule has 11 heteroatoms. The number of sulfonamides is 1. The molecule has 2 N–H and O–H groups in total. The molecular formula is C22H17N5O5S. The highest BCUT2D eigenvalue weighted by molar-refractivity contribution is 7.89. The zero-order valence-corrected chi connectivity index (χ0v) is 17.9. The quantitative estimate of drug-likeness (QED) is 0.380. The van der Waals surface area contributed by atoms with E-state index in [2.05, 4.69) is 21.1 Å². The molecule has 0 fully saturated rings. The number of carbonyl (C=O) groups excluding carboxylic acids is 2. The van der Waals surface area contributed by atoms with Crippen molar-refractivity contribution in [3.05, 3.63) is 71.9 Å². The fourth-order valence-electron chi connectivity index (χ4n) is 2.71. The van der Waals surface area contributed by atoms with Gasteiger partial charge in [0.25, 0.3) is 5.91 Å². The van der Waals surface area contributed by atoms with Crippen LogP contribution in [-0.2, 0) is 19.6 Å². The second-order valence-electron chi connectivity index (χ2n) is 6.45. The summed E-state index contributed by atoms with van der Waals surface area (Å²) in [5.41, 5.74) is 0.664. The summed E-state index contributed by atoms with van der Waals surface area (Å²) in [5.74, 6) is 0.657. The van der Waals surface area contributed by atoms with Crippen molar-refractivity contribution in [3.63, 3.8) is 0 Å². The Hall–Kier alpha value is -4.45. The summed E-state index contributed by atoms with van der Waals surface area (Å²) in [5, 5.41) is 15.9. The van der Waals surface area contributed by atoms with Gasteiger partial charge in [-0.3, -0.25) is 4.79 Å². The maximum atomic E-state index is 12.4. The van der Waals surface area contributed by atoms with Gasteiger partial charge >= 0.3 is 5.97 Å². The number of ether oxygens (including phenoxy) is 1. The first-order valence-corrected chi connectivity index (χ1v) is 10.9. The van der Waals surface area contributed by atoms with Crippen LogP contribution in [0.25, 0.3) is 5.69 Å². The van der Waals surface area contributed by atoms with Crippen molar-refractivity contribution in [3.8, 4) is 24.1 Å². The van der Waals surface area contributed by atoms with Crippen LogP contribution in [-0.4, -0.2) is 43.2 Å². The average Bonchev–Trinajstić information content (AvgIpc) is 3.24. The van der Waals surface area contributed by atoms with Crippen molar-refractivity contribution < 1.29 is 22.7 Å². The first kappa shape index (κ1) is 23.2. The Morgan fingerprint density at radius 1 is 1.15 bits per heavy atom. The molecule has 0 spiro atoms. The van der Waals surface area contributed by atoms with E-state index in [1.807, 2.05) is 6.07 Å². The molecule has 0 unspecified atom stereocenters. The third-order valence-corrected chi connectivity index (χ3v) is 5.63. The van der Waals surface area contributed by atoms with Crippen LogP contribution < -0.4 is 10.0 Å². The van der Waals surface area contributed by atoms with Crippen molar-refractivity contribution in [1.82, 2.24) is 14.5 Å². The van der Waals surface area contributed by atoms with Gasteiger partial charge in [-0.1, -0.05) is 30.2 Å². The molecule has 1 heterocycles. The molecule has 0 aliphatic heterocycles. The van der Waals surface area contributed by atoms with Crippen LogP contribution >= 0.6 is 0 Å². The summed E-state index contributed by atoms with van der Waals surface area (Å²) in [4.78, 5) is 24.5. The van der Waals surface area contributed by atoms with E-state index in [1.165, 1.54) is 29.1 Å². The normalized spacial score (nSPS) is 10.6. The van der Waals surface area contributed by atoms with Gasteiger partial charge in [0.05, 0.1) is 28.9 Å². The minimum absolute atomic E-state index is 0.0709. The van der Waals surface area contributed by atoms with Crippen LogP contribution in [0.5, 0.6) is 0 Å². The number of anilines is 1. The number of nitrogens with one attached hydrogen (secondary N) is 2. The van der Waals surface area contributed by atoms with E-state index >= 15 is 0 Å². The number of amides is 1. The lowest BCUT2D eigenvalue weighted by Crippen LogP contribution is -2.25. The Balaban J connectivity index is 1.69. The van der Waals surface area contributed by atoms with E-state index in [0.29, 0.717) is 5.69 Å². The number of hydrogen-bond donors (Lipinski definition) is 2. The fraction of sp³-hybridized carbons (Fsp3) is 0.0909. The summed E-state index contributed by atoms with van der Waals surface area (Å²) in [6.45, 7) is -0.878. The maximum absolute atomic E-state index is 12.4. The van der Waals surface area contributed by atoms with Gasteiger partial charge in [0.15, 0.2) is 12.4 Å². The molecule has 0 atom stereocenters. The average molecular weight is 463 g/mol. The van der Waals surface area contributed by atoms with Crippen molar-refractivity contribution in [1.29, 1.82) is 5.26 Å². The predicted molar refractivity (Wildman–Crippen MR) is 118 cm³/mol. The SMILES string of the molecule is C#CCNS(=O)(=O)c1cccc(C(=O)OCC(=O)Nc2c(C#N)cnn2-c2ccccc2)c1. The molecule has 3 aromatic rings. The van der Waals surface area contributed by atoms with Crippen LogP contribution in [0.1, 0.15) is 15.9 Å². The molecule has 0 aliphatic carbocycles. The van der Waals surface area contributed by atoms with Crippen molar-refractivity contribution >= 4 is 27.7 Å². The summed E-state index contributed by atoms with van der Waals surface area (Å²) in [7, 11) is -3.90. The molecule has 0 radical (unpaired) electrons. The third-order valence-electron chi connectivity index (χ3n) is 4.23. The largest absolute Gasteiger partial charge is 0.452 e. The Morgan fingerprint density at radius 2 is 1.91 bits per heavy atom. The molecule has 1 aromatic heterocycles. The summed E-state index contributed by atoms with van der Waals surface area (Å²) < 4.78 is 32.9. The number of nitrogens with zero attached hydrogens (tertiary/aromatic N) is 3. The molecule has 0 aliphatic rings. The molecule has 166 valence electrons. The summed E-state index contributed by atoms with van der Waals surface area (Å²) >= 11 is 0. The molecule has 0 saturated carbocycles. The van der Waals surface area contributed by atoms with E-state index in [9.17, 15) is 23.3 Å². The van der Waals surface area contributed by atoms with Crippen molar-refractivity contribution in [2.45, 2.75) is 4.90 Å². The summed E-state index contributed by atoms with van der Waals surface area (Å²) in [6, 6.07) is 15.9. The van der Waals surface area contributed by atoms with Gasteiger partial charge in [-0.2, -0.15) is 15.1 Å². The first-order valence-electron chi connectivity index (χ1n) is 9.39. The van der Waals surface area contributed by atoms with E-state index in [-0.39, 0.29) is 28.4 Å². The number of esters is 1. The Morgan fingerprint density at radius 3 is 2.61 bits per heavy atom. The minimum Gasteiger partial charge on any atom is -0.452 e. The monoisotopic (exact) mass is 463 g/mol. The highest BCUT2D eigenvalue weighted by Crippen LogP contribution is 2.19. The number of rotatable bonds is 8. The second-order valence-corrected chi connectivity index (χ2v) is 8.21. The lowest BCUT2D eigenvalue weighted by atomic mass is 10.2. The van der Waals surface area contributed by atoms with Crippen LogP contribution in [0.15, 0.2) is 65.7 Å². The van der Waals surface area contributed by atoms with E-state index in [1.54, 1.807) is 30.3 Å². The van der Waals surface area contributed by atoms with Crippen molar-refractivity contribution in [2.24, 2.45) is 0 Å². The second kappa shape index (κ2) is 10.2. The Bertz CT molecular complexity index is 1370. The number of benzene rings is 2. The predicted octanol–water partition coefficient (Wildman–Crippen LogP) is 1.45. The highest BCUT2D eigenvalue weighted by Gasteiger charge is 2.19. The van der Waals surface area contributed by atoms with Gasteiger partial charge in [-0.25, -0.2) is 17.9 Å². The minimum atomic E-state index is -3.90. The van der Waals surface area contributed by atoms with E-state index in [4.69, 9.17) is 11.2 Å². The molecular weight excluding hydrogens is 446 g/mol. The smallest absolute Gasteiger partial charge is 0.338 e. The number of terminal acetylenes is 1. The van der Waals surface area contributed by atoms with Gasteiger partial charge in [-0.15, -0.1) is 6.42 Å². The molecule has 10 nitrogen and oxygen atoms in total. The Kier molecular flexibility index (Phi) is 7.20. The standard InChI is InChI=1S/C22H17N5O5S/c1-2-11-25-33(30,31)19-10-6-7-16(12-19)22(29)32-15-20(28)26-21-17(13-23)14-24-27(21)18-8-4-3-5-9-18/h1,3-10,12,14,25H,11,15H2,(H,26,28). The molecule has 0 bridgehead atoms. The van der Waals surface area contributed by atoms with Crippen LogP contribution in [0, 0.1) is 23.7 Å². The van der Waals surface area contributed by atoms with Gasteiger partial charge in [0.2, 0.25) is 10.0 Å². The van der Waals surface area contributed by atoms with E-state index in [0.717, 1.165) is 6.07 Å².